The van der Waals surface area contributed by atoms with E-state index >= 15 is 0 Å². The number of nitrogens with one attached hydrogen (secondary N) is 1. The lowest BCUT2D eigenvalue weighted by Gasteiger charge is -2.35. The third-order valence-corrected chi connectivity index (χ3v) is 5.54. The Hall–Kier alpha value is -1.82. The fourth-order valence-electron chi connectivity index (χ4n) is 3.17. The summed E-state index contributed by atoms with van der Waals surface area (Å²) in [7, 11) is 0. The van der Waals surface area contributed by atoms with Crippen molar-refractivity contribution in [2.75, 3.05) is 6.54 Å². The summed E-state index contributed by atoms with van der Waals surface area (Å²) in [6.07, 6.45) is 7.03. The molecule has 6 heteroatoms. The van der Waals surface area contributed by atoms with Gasteiger partial charge < -0.3 is 14.8 Å². The first-order valence-electron chi connectivity index (χ1n) is 8.29. The highest BCUT2D eigenvalue weighted by molar-refractivity contribution is 7.10. The number of imidazole rings is 1. The molecule has 0 bridgehead atoms. The number of likely N-dealkylation sites (tertiary alicyclic amines) is 1. The molecule has 1 atom stereocenters. The molecular formula is C17H24N4OS. The molecule has 5 nitrogen and oxygen atoms in total. The van der Waals surface area contributed by atoms with Crippen LogP contribution in [0.25, 0.3) is 0 Å². The molecule has 0 aromatic carbocycles. The lowest BCUT2D eigenvalue weighted by Crippen LogP contribution is -2.45. The molecule has 1 N–H and O–H groups in total. The summed E-state index contributed by atoms with van der Waals surface area (Å²) in [5.41, 5.74) is 1.24. The van der Waals surface area contributed by atoms with E-state index in [1.807, 2.05) is 17.3 Å². The Labute approximate surface area is 141 Å². The van der Waals surface area contributed by atoms with Gasteiger partial charge in [-0.1, -0.05) is 0 Å². The summed E-state index contributed by atoms with van der Waals surface area (Å²) in [5.74, 6) is 1.01. The topological polar surface area (TPSA) is 50.2 Å². The van der Waals surface area contributed by atoms with Crippen LogP contribution in [0.1, 0.15) is 48.5 Å². The van der Waals surface area contributed by atoms with Crippen molar-refractivity contribution < 1.29 is 4.79 Å². The smallest absolute Gasteiger partial charge is 0.318 e. The second-order valence-electron chi connectivity index (χ2n) is 5.96. The van der Waals surface area contributed by atoms with Gasteiger partial charge in [-0.2, -0.15) is 0 Å². The number of thiophene rings is 1. The van der Waals surface area contributed by atoms with Crippen LogP contribution >= 0.6 is 11.3 Å². The number of urea groups is 1. The Morgan fingerprint density at radius 3 is 3.09 bits per heavy atom. The number of hydrogen-bond donors (Lipinski definition) is 1. The highest BCUT2D eigenvalue weighted by atomic mass is 32.1. The highest BCUT2D eigenvalue weighted by Crippen LogP contribution is 2.30. The molecule has 0 spiro atoms. The maximum atomic E-state index is 12.7. The molecule has 3 rings (SSSR count). The van der Waals surface area contributed by atoms with Gasteiger partial charge in [0.1, 0.15) is 5.82 Å². The van der Waals surface area contributed by atoms with E-state index in [1.54, 1.807) is 11.3 Å². The van der Waals surface area contributed by atoms with Crippen LogP contribution in [0, 0.1) is 6.92 Å². The summed E-state index contributed by atoms with van der Waals surface area (Å²) < 4.78 is 2.14. The molecule has 1 unspecified atom stereocenters. The van der Waals surface area contributed by atoms with Gasteiger partial charge >= 0.3 is 6.03 Å². The number of aryl methyl sites for hydroxylation is 2. The van der Waals surface area contributed by atoms with E-state index in [9.17, 15) is 4.79 Å². The van der Waals surface area contributed by atoms with E-state index in [4.69, 9.17) is 0 Å². The van der Waals surface area contributed by atoms with Crippen LogP contribution in [0.5, 0.6) is 0 Å². The number of nitrogens with zero attached hydrogens (tertiary/aromatic N) is 3. The van der Waals surface area contributed by atoms with Gasteiger partial charge in [-0.3, -0.25) is 0 Å². The van der Waals surface area contributed by atoms with Crippen LogP contribution in [0.4, 0.5) is 4.79 Å². The average molecular weight is 332 g/mol. The van der Waals surface area contributed by atoms with Crippen molar-refractivity contribution in [3.05, 3.63) is 40.1 Å². The normalized spacial score (nSPS) is 18.2. The maximum Gasteiger partial charge on any atom is 0.318 e. The molecule has 1 aliphatic rings. The van der Waals surface area contributed by atoms with Gasteiger partial charge in [0.15, 0.2) is 0 Å². The lowest BCUT2D eigenvalue weighted by atomic mass is 10.0. The number of piperidine rings is 1. The lowest BCUT2D eigenvalue weighted by molar-refractivity contribution is 0.145. The van der Waals surface area contributed by atoms with Crippen LogP contribution in [-0.2, 0) is 13.1 Å². The maximum absolute atomic E-state index is 12.7. The summed E-state index contributed by atoms with van der Waals surface area (Å²) in [6, 6.07) is 2.20. The molecule has 0 radical (unpaired) electrons. The van der Waals surface area contributed by atoms with E-state index < -0.39 is 0 Å². The van der Waals surface area contributed by atoms with E-state index in [1.165, 1.54) is 10.4 Å². The summed E-state index contributed by atoms with van der Waals surface area (Å²) in [5, 5.41) is 5.15. The molecule has 23 heavy (non-hydrogen) atoms. The van der Waals surface area contributed by atoms with Crippen LogP contribution in [-0.4, -0.2) is 27.0 Å². The van der Waals surface area contributed by atoms with Gasteiger partial charge in [0, 0.05) is 30.4 Å². The first-order valence-corrected chi connectivity index (χ1v) is 9.17. The molecule has 1 aliphatic heterocycles. The zero-order chi connectivity index (χ0) is 16.2. The number of hydrogen-bond acceptors (Lipinski definition) is 3. The van der Waals surface area contributed by atoms with E-state index in [0.29, 0.717) is 6.54 Å². The van der Waals surface area contributed by atoms with Crippen LogP contribution < -0.4 is 5.32 Å². The van der Waals surface area contributed by atoms with Crippen molar-refractivity contribution in [1.29, 1.82) is 0 Å². The minimum Gasteiger partial charge on any atom is -0.333 e. The van der Waals surface area contributed by atoms with Gasteiger partial charge in [0.2, 0.25) is 0 Å². The number of aromatic nitrogens is 2. The molecule has 0 aliphatic carbocycles. The van der Waals surface area contributed by atoms with E-state index in [2.05, 4.69) is 40.2 Å². The minimum atomic E-state index is 0.0214. The molecule has 2 aromatic rings. The third-order valence-electron chi connectivity index (χ3n) is 4.52. The molecule has 3 heterocycles. The highest BCUT2D eigenvalue weighted by Gasteiger charge is 2.30. The van der Waals surface area contributed by atoms with Crippen molar-refractivity contribution >= 4 is 17.4 Å². The van der Waals surface area contributed by atoms with Crippen LogP contribution in [0.15, 0.2) is 23.8 Å². The van der Waals surface area contributed by atoms with Gasteiger partial charge in [-0.15, -0.1) is 11.3 Å². The third kappa shape index (κ3) is 3.42. The fourth-order valence-corrected chi connectivity index (χ4v) is 4.02. The first-order chi connectivity index (χ1) is 11.2. The van der Waals surface area contributed by atoms with Gasteiger partial charge in [0.25, 0.3) is 0 Å². The van der Waals surface area contributed by atoms with Crippen LogP contribution in [0.2, 0.25) is 0 Å². The molecule has 1 saturated heterocycles. The molecular weight excluding hydrogens is 308 g/mol. The predicted octanol–water partition coefficient (Wildman–Crippen LogP) is 3.71. The average Bonchev–Trinajstić information content (AvgIpc) is 3.21. The molecule has 0 saturated carbocycles. The van der Waals surface area contributed by atoms with Crippen molar-refractivity contribution in [1.82, 2.24) is 19.8 Å². The fraction of sp³-hybridized carbons (Fsp3) is 0.529. The number of carbonyl (C=O) groups excluding carboxylic acids is 1. The summed E-state index contributed by atoms with van der Waals surface area (Å²) >= 11 is 1.69. The summed E-state index contributed by atoms with van der Waals surface area (Å²) in [4.78, 5) is 20.4. The zero-order valence-corrected chi connectivity index (χ0v) is 14.6. The minimum absolute atomic E-state index is 0.0214. The molecule has 2 amide bonds. The van der Waals surface area contributed by atoms with Gasteiger partial charge in [-0.25, -0.2) is 9.78 Å². The van der Waals surface area contributed by atoms with Crippen molar-refractivity contribution in [3.63, 3.8) is 0 Å². The first kappa shape index (κ1) is 16.1. The monoisotopic (exact) mass is 332 g/mol. The zero-order valence-electron chi connectivity index (χ0n) is 13.8. The second kappa shape index (κ2) is 7.17. The summed E-state index contributed by atoms with van der Waals surface area (Å²) in [6.45, 7) is 6.48. The second-order valence-corrected chi connectivity index (χ2v) is 6.96. The van der Waals surface area contributed by atoms with Crippen molar-refractivity contribution in [3.8, 4) is 0 Å². The molecule has 124 valence electrons. The van der Waals surface area contributed by atoms with Crippen LogP contribution in [0.3, 0.4) is 0 Å². The Balaban J connectivity index is 1.70. The van der Waals surface area contributed by atoms with E-state index in [0.717, 1.165) is 38.2 Å². The predicted molar refractivity (Wildman–Crippen MR) is 92.5 cm³/mol. The number of amides is 2. The van der Waals surface area contributed by atoms with Gasteiger partial charge in [-0.05, 0) is 50.1 Å². The molecule has 2 aromatic heterocycles. The Morgan fingerprint density at radius 1 is 1.48 bits per heavy atom. The SMILES string of the molecule is CCn1ccnc1C1CCCCN1C(=O)NCc1sccc1C. The van der Waals surface area contributed by atoms with E-state index in [-0.39, 0.29) is 12.1 Å². The Kier molecular flexibility index (Phi) is 5.00. The largest absolute Gasteiger partial charge is 0.333 e. The Bertz CT molecular complexity index is 663. The number of carbonyl (C=O) groups is 1. The van der Waals surface area contributed by atoms with Crippen molar-refractivity contribution in [2.45, 2.75) is 52.2 Å². The molecule has 1 fully saturated rings. The number of rotatable bonds is 4. The standard InChI is InChI=1S/C17H24N4OS/c1-3-20-10-8-18-16(20)14-6-4-5-9-21(14)17(22)19-12-15-13(2)7-11-23-15/h7-8,10-11,14H,3-6,9,12H2,1-2H3,(H,19,22). The quantitative estimate of drug-likeness (QED) is 0.928. The van der Waals surface area contributed by atoms with Gasteiger partial charge in [0.05, 0.1) is 12.6 Å². The van der Waals surface area contributed by atoms with Crippen molar-refractivity contribution in [2.24, 2.45) is 0 Å². The Morgan fingerprint density at radius 2 is 2.35 bits per heavy atom.